The van der Waals surface area contributed by atoms with Crippen molar-refractivity contribution in [2.45, 2.75) is 57.7 Å². The Morgan fingerprint density at radius 1 is 1.26 bits per heavy atom. The quantitative estimate of drug-likeness (QED) is 0.853. The third kappa shape index (κ3) is 4.27. The predicted molar refractivity (Wildman–Crippen MR) is 94.7 cm³/mol. The summed E-state index contributed by atoms with van der Waals surface area (Å²) < 4.78 is 6.55. The first-order valence-electron chi connectivity index (χ1n) is 8.31. The summed E-state index contributed by atoms with van der Waals surface area (Å²) in [6.45, 7) is 7.20. The van der Waals surface area contributed by atoms with Crippen LogP contribution in [0, 0.1) is 0 Å². The number of benzene rings is 1. The molecule has 1 aromatic rings. The molecular formula is C18H25BrN2O2. The van der Waals surface area contributed by atoms with Gasteiger partial charge in [-0.05, 0) is 63.3 Å². The second-order valence-corrected chi connectivity index (χ2v) is 8.52. The number of rotatable bonds is 2. The van der Waals surface area contributed by atoms with Crippen LogP contribution in [0.15, 0.2) is 22.7 Å². The summed E-state index contributed by atoms with van der Waals surface area (Å²) in [5.74, 6) is 0. The molecule has 126 valence electrons. The zero-order chi connectivity index (χ0) is 16.6. The molecule has 23 heavy (non-hydrogen) atoms. The van der Waals surface area contributed by atoms with Crippen LogP contribution in [0.4, 0.5) is 4.79 Å². The summed E-state index contributed by atoms with van der Waals surface area (Å²) >= 11 is 3.54. The van der Waals surface area contributed by atoms with Gasteiger partial charge in [-0.25, -0.2) is 4.79 Å². The maximum atomic E-state index is 11.9. The molecule has 1 saturated heterocycles. The SMILES string of the molecule is CC(C)(C)OC(=O)N1CC(NC2CCc3cc(Br)ccc3C2)C1. The number of nitrogens with zero attached hydrogens (tertiary/aromatic N) is 1. The molecule has 1 atom stereocenters. The number of halogens is 1. The number of nitrogens with one attached hydrogen (secondary N) is 1. The van der Waals surface area contributed by atoms with E-state index in [0.717, 1.165) is 36.8 Å². The van der Waals surface area contributed by atoms with E-state index in [2.05, 4.69) is 39.4 Å². The molecule has 0 spiro atoms. The molecule has 4 nitrogen and oxygen atoms in total. The molecule has 1 N–H and O–H groups in total. The Kier molecular flexibility index (Phi) is 4.70. The van der Waals surface area contributed by atoms with Crippen LogP contribution in [-0.4, -0.2) is 41.8 Å². The Bertz CT molecular complexity index is 591. The van der Waals surface area contributed by atoms with Gasteiger partial charge < -0.3 is 15.0 Å². The van der Waals surface area contributed by atoms with E-state index >= 15 is 0 Å². The van der Waals surface area contributed by atoms with Crippen molar-refractivity contribution >= 4 is 22.0 Å². The maximum Gasteiger partial charge on any atom is 0.410 e. The van der Waals surface area contributed by atoms with Crippen molar-refractivity contribution in [2.75, 3.05) is 13.1 Å². The van der Waals surface area contributed by atoms with Crippen LogP contribution < -0.4 is 5.32 Å². The number of carbonyl (C=O) groups is 1. The lowest BCUT2D eigenvalue weighted by atomic mass is 9.87. The summed E-state index contributed by atoms with van der Waals surface area (Å²) in [6, 6.07) is 7.48. The molecule has 1 aromatic carbocycles. The lowest BCUT2D eigenvalue weighted by Crippen LogP contribution is -2.62. The smallest absolute Gasteiger partial charge is 0.410 e. The van der Waals surface area contributed by atoms with E-state index in [-0.39, 0.29) is 6.09 Å². The minimum absolute atomic E-state index is 0.200. The van der Waals surface area contributed by atoms with Crippen LogP contribution >= 0.6 is 15.9 Å². The summed E-state index contributed by atoms with van der Waals surface area (Å²) in [5.41, 5.74) is 2.48. The normalized spacial score (nSPS) is 21.6. The highest BCUT2D eigenvalue weighted by Crippen LogP contribution is 2.26. The van der Waals surface area contributed by atoms with Crippen LogP contribution in [0.25, 0.3) is 0 Å². The van der Waals surface area contributed by atoms with Crippen molar-refractivity contribution in [1.29, 1.82) is 0 Å². The molecule has 1 fully saturated rings. The molecule has 0 aromatic heterocycles. The zero-order valence-corrected chi connectivity index (χ0v) is 15.6. The summed E-state index contributed by atoms with van der Waals surface area (Å²) in [5, 5.41) is 3.70. The fourth-order valence-electron chi connectivity index (χ4n) is 3.26. The Hall–Kier alpha value is -1.07. The Morgan fingerprint density at radius 3 is 2.70 bits per heavy atom. The van der Waals surface area contributed by atoms with E-state index in [1.165, 1.54) is 11.1 Å². The minimum atomic E-state index is -0.420. The zero-order valence-electron chi connectivity index (χ0n) is 14.1. The number of carbonyl (C=O) groups excluding carboxylic acids is 1. The predicted octanol–water partition coefficient (Wildman–Crippen LogP) is 3.52. The van der Waals surface area contributed by atoms with Crippen molar-refractivity contribution in [3.8, 4) is 0 Å². The standard InChI is InChI=1S/C18H25BrN2O2/c1-18(2,3)23-17(22)21-10-16(11-21)20-15-7-5-12-8-14(19)6-4-13(12)9-15/h4,6,8,15-16,20H,5,7,9-11H2,1-3H3. The van der Waals surface area contributed by atoms with Gasteiger partial charge >= 0.3 is 6.09 Å². The largest absolute Gasteiger partial charge is 0.444 e. The Morgan fingerprint density at radius 2 is 2.00 bits per heavy atom. The molecule has 3 rings (SSSR count). The summed E-state index contributed by atoms with van der Waals surface area (Å²) in [6.07, 6.45) is 3.15. The molecule has 0 saturated carbocycles. The van der Waals surface area contributed by atoms with E-state index in [4.69, 9.17) is 4.74 Å². The number of fused-ring (bicyclic) bond motifs is 1. The van der Waals surface area contributed by atoms with Gasteiger partial charge in [0.05, 0.1) is 0 Å². The van der Waals surface area contributed by atoms with Crippen molar-refractivity contribution in [3.05, 3.63) is 33.8 Å². The van der Waals surface area contributed by atoms with Gasteiger partial charge in [0.25, 0.3) is 0 Å². The number of hydrogen-bond donors (Lipinski definition) is 1. The fourth-order valence-corrected chi connectivity index (χ4v) is 3.67. The average molecular weight is 381 g/mol. The molecule has 0 radical (unpaired) electrons. The topological polar surface area (TPSA) is 41.6 Å². The third-order valence-electron chi connectivity index (χ3n) is 4.40. The Balaban J connectivity index is 1.46. The van der Waals surface area contributed by atoms with Gasteiger partial charge in [0, 0.05) is 29.6 Å². The van der Waals surface area contributed by atoms with Crippen molar-refractivity contribution < 1.29 is 9.53 Å². The second-order valence-electron chi connectivity index (χ2n) is 7.60. The van der Waals surface area contributed by atoms with Gasteiger partial charge in [-0.15, -0.1) is 0 Å². The highest BCUT2D eigenvalue weighted by molar-refractivity contribution is 9.10. The molecule has 1 aliphatic carbocycles. The highest BCUT2D eigenvalue weighted by atomic mass is 79.9. The van der Waals surface area contributed by atoms with E-state index < -0.39 is 5.60 Å². The van der Waals surface area contributed by atoms with Gasteiger partial charge in [0.2, 0.25) is 0 Å². The van der Waals surface area contributed by atoms with Gasteiger partial charge in [0.1, 0.15) is 5.60 Å². The molecule has 1 unspecified atom stereocenters. The van der Waals surface area contributed by atoms with Gasteiger partial charge in [0.15, 0.2) is 0 Å². The molecular weight excluding hydrogens is 356 g/mol. The summed E-state index contributed by atoms with van der Waals surface area (Å²) in [4.78, 5) is 13.7. The number of amides is 1. The maximum absolute atomic E-state index is 11.9. The first-order chi connectivity index (χ1) is 10.8. The van der Waals surface area contributed by atoms with Crippen molar-refractivity contribution in [2.24, 2.45) is 0 Å². The van der Waals surface area contributed by atoms with Crippen molar-refractivity contribution in [1.82, 2.24) is 10.2 Å². The minimum Gasteiger partial charge on any atom is -0.444 e. The fraction of sp³-hybridized carbons (Fsp3) is 0.611. The second kappa shape index (κ2) is 6.44. The van der Waals surface area contributed by atoms with Crippen LogP contribution in [0.3, 0.4) is 0 Å². The van der Waals surface area contributed by atoms with E-state index in [9.17, 15) is 4.79 Å². The molecule has 1 amide bonds. The van der Waals surface area contributed by atoms with Crippen LogP contribution in [0.2, 0.25) is 0 Å². The van der Waals surface area contributed by atoms with Crippen LogP contribution in [-0.2, 0) is 17.6 Å². The number of likely N-dealkylation sites (tertiary alicyclic amines) is 1. The first kappa shape index (κ1) is 16.8. The van der Waals surface area contributed by atoms with E-state index in [0.29, 0.717) is 12.1 Å². The molecule has 1 aliphatic heterocycles. The number of aryl methyl sites for hydroxylation is 1. The summed E-state index contributed by atoms with van der Waals surface area (Å²) in [7, 11) is 0. The number of ether oxygens (including phenoxy) is 1. The molecule has 5 heteroatoms. The lowest BCUT2D eigenvalue weighted by Gasteiger charge is -2.42. The van der Waals surface area contributed by atoms with Crippen LogP contribution in [0.5, 0.6) is 0 Å². The van der Waals surface area contributed by atoms with E-state index in [1.807, 2.05) is 20.8 Å². The van der Waals surface area contributed by atoms with E-state index in [1.54, 1.807) is 4.90 Å². The number of hydrogen-bond acceptors (Lipinski definition) is 3. The Labute approximate surface area is 146 Å². The van der Waals surface area contributed by atoms with Crippen LogP contribution in [0.1, 0.15) is 38.3 Å². The molecule has 2 aliphatic rings. The third-order valence-corrected chi connectivity index (χ3v) is 4.89. The monoisotopic (exact) mass is 380 g/mol. The van der Waals surface area contributed by atoms with Gasteiger partial charge in [-0.1, -0.05) is 22.0 Å². The van der Waals surface area contributed by atoms with Crippen molar-refractivity contribution in [3.63, 3.8) is 0 Å². The average Bonchev–Trinajstić information content (AvgIpc) is 2.40. The van der Waals surface area contributed by atoms with Gasteiger partial charge in [-0.2, -0.15) is 0 Å². The molecule has 1 heterocycles. The highest BCUT2D eigenvalue weighted by Gasteiger charge is 2.35. The molecule has 0 bridgehead atoms. The lowest BCUT2D eigenvalue weighted by molar-refractivity contribution is 0.00398. The first-order valence-corrected chi connectivity index (χ1v) is 9.11. The van der Waals surface area contributed by atoms with Gasteiger partial charge in [-0.3, -0.25) is 0 Å².